The van der Waals surface area contributed by atoms with E-state index in [0.717, 1.165) is 10.6 Å². The summed E-state index contributed by atoms with van der Waals surface area (Å²) in [6.45, 7) is 1.64. The van der Waals surface area contributed by atoms with Gasteiger partial charge in [-0.2, -0.15) is 0 Å². The molecule has 172 valence electrons. The topological polar surface area (TPSA) is 119 Å². The summed E-state index contributed by atoms with van der Waals surface area (Å²) >= 11 is 6.01. The van der Waals surface area contributed by atoms with E-state index in [1.807, 2.05) is 0 Å². The molecule has 0 saturated carbocycles. The van der Waals surface area contributed by atoms with Crippen LogP contribution in [0.3, 0.4) is 0 Å². The Balaban J connectivity index is 2.52. The number of anilines is 2. The molecule has 2 aromatic rings. The number of esters is 2. The smallest absolute Gasteiger partial charge is 0.339 e. The van der Waals surface area contributed by atoms with Crippen molar-refractivity contribution in [1.82, 2.24) is 0 Å². The first kappa shape index (κ1) is 25.2. The third-order valence-electron chi connectivity index (χ3n) is 4.50. The van der Waals surface area contributed by atoms with E-state index in [-0.39, 0.29) is 28.9 Å². The number of amides is 1. The quantitative estimate of drug-likeness (QED) is 0.574. The van der Waals surface area contributed by atoms with Crippen molar-refractivity contribution in [3.8, 4) is 0 Å². The molecule has 0 aromatic heterocycles. The SMILES string of the molecule is CC[C@@H](C(=O)Nc1cc(C(=O)OC)ccc1C(=O)OC)N(c1cccc(Cl)c1)S(C)(=O)=O. The molecule has 1 atom stereocenters. The molecule has 0 saturated heterocycles. The molecular weight excluding hydrogens is 460 g/mol. The van der Waals surface area contributed by atoms with Crippen LogP contribution >= 0.6 is 11.6 Å². The van der Waals surface area contributed by atoms with Gasteiger partial charge in [0, 0.05) is 5.02 Å². The average molecular weight is 483 g/mol. The zero-order valence-electron chi connectivity index (χ0n) is 17.9. The van der Waals surface area contributed by atoms with Crippen LogP contribution in [0.1, 0.15) is 34.1 Å². The van der Waals surface area contributed by atoms with E-state index < -0.39 is 33.9 Å². The standard InChI is InChI=1S/C21H23ClN2O7S/c1-5-18(24(32(4,28)29)15-8-6-7-14(22)12-15)19(25)23-17-11-13(20(26)30-2)9-10-16(17)21(27)31-3/h6-12,18H,5H2,1-4H3,(H,23,25)/t18-/m0/s1. The number of nitrogens with zero attached hydrogens (tertiary/aromatic N) is 1. The maximum atomic E-state index is 13.2. The summed E-state index contributed by atoms with van der Waals surface area (Å²) in [5, 5.41) is 2.84. The fourth-order valence-corrected chi connectivity index (χ4v) is 4.46. The van der Waals surface area contributed by atoms with Crippen LogP contribution in [0.2, 0.25) is 5.02 Å². The van der Waals surface area contributed by atoms with Gasteiger partial charge in [-0.25, -0.2) is 18.0 Å². The van der Waals surface area contributed by atoms with Gasteiger partial charge < -0.3 is 14.8 Å². The Morgan fingerprint density at radius 1 is 1.06 bits per heavy atom. The number of hydrogen-bond acceptors (Lipinski definition) is 7. The van der Waals surface area contributed by atoms with Gasteiger partial charge in [-0.05, 0) is 42.8 Å². The number of methoxy groups -OCH3 is 2. The number of nitrogens with one attached hydrogen (secondary N) is 1. The maximum Gasteiger partial charge on any atom is 0.339 e. The molecule has 0 fully saturated rings. The van der Waals surface area contributed by atoms with Crippen molar-refractivity contribution in [2.75, 3.05) is 30.1 Å². The number of carbonyl (C=O) groups is 3. The van der Waals surface area contributed by atoms with Gasteiger partial charge in [0.05, 0.1) is 43.0 Å². The Hall–Kier alpha value is -3.11. The van der Waals surface area contributed by atoms with Gasteiger partial charge in [-0.3, -0.25) is 9.10 Å². The molecule has 0 spiro atoms. The summed E-state index contributed by atoms with van der Waals surface area (Å²) in [6.07, 6.45) is 1.08. The van der Waals surface area contributed by atoms with Crippen molar-refractivity contribution in [3.05, 3.63) is 58.6 Å². The molecule has 0 aliphatic carbocycles. The molecule has 1 amide bonds. The molecule has 0 radical (unpaired) electrons. The molecule has 2 rings (SSSR count). The third-order valence-corrected chi connectivity index (χ3v) is 5.91. The molecule has 1 N–H and O–H groups in total. The molecule has 2 aromatic carbocycles. The van der Waals surface area contributed by atoms with Crippen LogP contribution in [0.25, 0.3) is 0 Å². The van der Waals surface area contributed by atoms with Gasteiger partial charge >= 0.3 is 11.9 Å². The Kier molecular flexibility index (Phi) is 8.23. The lowest BCUT2D eigenvalue weighted by atomic mass is 10.1. The number of halogens is 1. The number of sulfonamides is 1. The lowest BCUT2D eigenvalue weighted by Crippen LogP contribution is -2.47. The minimum atomic E-state index is -3.89. The predicted octanol–water partition coefficient (Wildman–Crippen LogP) is 3.10. The van der Waals surface area contributed by atoms with E-state index in [1.54, 1.807) is 19.1 Å². The number of ether oxygens (including phenoxy) is 2. The highest BCUT2D eigenvalue weighted by atomic mass is 35.5. The van der Waals surface area contributed by atoms with Crippen LogP contribution in [-0.2, 0) is 24.3 Å². The Bertz CT molecular complexity index is 1130. The zero-order chi connectivity index (χ0) is 24.1. The van der Waals surface area contributed by atoms with Crippen molar-refractivity contribution in [2.24, 2.45) is 0 Å². The third kappa shape index (κ3) is 5.77. The van der Waals surface area contributed by atoms with Crippen LogP contribution in [0.5, 0.6) is 0 Å². The molecular formula is C21H23ClN2O7S. The van der Waals surface area contributed by atoms with Gasteiger partial charge in [0.1, 0.15) is 6.04 Å². The first-order valence-corrected chi connectivity index (χ1v) is 11.6. The largest absolute Gasteiger partial charge is 0.465 e. The second-order valence-corrected chi connectivity index (χ2v) is 8.99. The van der Waals surface area contributed by atoms with E-state index in [2.05, 4.69) is 10.1 Å². The highest BCUT2D eigenvalue weighted by Gasteiger charge is 2.32. The van der Waals surface area contributed by atoms with Crippen LogP contribution in [0.4, 0.5) is 11.4 Å². The lowest BCUT2D eigenvalue weighted by Gasteiger charge is -2.30. The summed E-state index contributed by atoms with van der Waals surface area (Å²) in [5.74, 6) is -2.15. The maximum absolute atomic E-state index is 13.2. The number of benzene rings is 2. The number of hydrogen-bond donors (Lipinski definition) is 1. The lowest BCUT2D eigenvalue weighted by molar-refractivity contribution is -0.117. The van der Waals surface area contributed by atoms with Crippen LogP contribution in [-0.4, -0.2) is 52.8 Å². The second kappa shape index (κ2) is 10.5. The Labute approximate surface area is 191 Å². The molecule has 0 heterocycles. The predicted molar refractivity (Wildman–Crippen MR) is 121 cm³/mol. The van der Waals surface area contributed by atoms with Crippen molar-refractivity contribution in [3.63, 3.8) is 0 Å². The minimum absolute atomic E-state index is 0.0167. The van der Waals surface area contributed by atoms with Crippen molar-refractivity contribution in [2.45, 2.75) is 19.4 Å². The molecule has 11 heteroatoms. The number of rotatable bonds is 8. The normalized spacial score (nSPS) is 11.9. The Morgan fingerprint density at radius 3 is 2.25 bits per heavy atom. The van der Waals surface area contributed by atoms with Gasteiger partial charge in [-0.15, -0.1) is 0 Å². The fraction of sp³-hybridized carbons (Fsp3) is 0.286. The monoisotopic (exact) mass is 482 g/mol. The van der Waals surface area contributed by atoms with Gasteiger partial charge in [0.15, 0.2) is 0 Å². The van der Waals surface area contributed by atoms with E-state index in [9.17, 15) is 22.8 Å². The first-order chi connectivity index (χ1) is 15.0. The molecule has 0 aliphatic heterocycles. The van der Waals surface area contributed by atoms with Gasteiger partial charge in [0.25, 0.3) is 0 Å². The first-order valence-electron chi connectivity index (χ1n) is 9.40. The van der Waals surface area contributed by atoms with Crippen molar-refractivity contribution in [1.29, 1.82) is 0 Å². The van der Waals surface area contributed by atoms with Crippen molar-refractivity contribution >= 4 is 50.8 Å². The van der Waals surface area contributed by atoms with E-state index in [1.165, 1.54) is 44.6 Å². The average Bonchev–Trinajstić information content (AvgIpc) is 2.75. The van der Waals surface area contributed by atoms with Crippen LogP contribution in [0.15, 0.2) is 42.5 Å². The summed E-state index contributed by atoms with van der Waals surface area (Å²) in [6, 6.07) is 8.82. The Morgan fingerprint density at radius 2 is 1.72 bits per heavy atom. The highest BCUT2D eigenvalue weighted by molar-refractivity contribution is 7.92. The van der Waals surface area contributed by atoms with Crippen LogP contribution in [0, 0.1) is 0 Å². The zero-order valence-corrected chi connectivity index (χ0v) is 19.5. The van der Waals surface area contributed by atoms with Crippen LogP contribution < -0.4 is 9.62 Å². The molecule has 0 aliphatic rings. The molecule has 0 unspecified atom stereocenters. The van der Waals surface area contributed by atoms with E-state index >= 15 is 0 Å². The van der Waals surface area contributed by atoms with Gasteiger partial charge in [-0.1, -0.05) is 24.6 Å². The molecule has 32 heavy (non-hydrogen) atoms. The molecule has 9 nitrogen and oxygen atoms in total. The number of carbonyl (C=O) groups excluding carboxylic acids is 3. The van der Waals surface area contributed by atoms with Gasteiger partial charge in [0.2, 0.25) is 15.9 Å². The van der Waals surface area contributed by atoms with E-state index in [4.69, 9.17) is 16.3 Å². The molecule has 0 bridgehead atoms. The summed E-state index contributed by atoms with van der Waals surface area (Å²) in [7, 11) is -1.53. The minimum Gasteiger partial charge on any atom is -0.465 e. The summed E-state index contributed by atoms with van der Waals surface area (Å²) < 4.78 is 35.5. The van der Waals surface area contributed by atoms with E-state index in [0.29, 0.717) is 5.02 Å². The summed E-state index contributed by atoms with van der Waals surface area (Å²) in [5.41, 5.74) is 0.247. The fourth-order valence-electron chi connectivity index (χ4n) is 3.07. The summed E-state index contributed by atoms with van der Waals surface area (Å²) in [4.78, 5) is 37.2. The second-order valence-electron chi connectivity index (χ2n) is 6.70. The highest BCUT2D eigenvalue weighted by Crippen LogP contribution is 2.27. The van der Waals surface area contributed by atoms with Crippen molar-refractivity contribution < 1.29 is 32.3 Å².